The van der Waals surface area contributed by atoms with Crippen molar-refractivity contribution in [1.29, 1.82) is 0 Å². The van der Waals surface area contributed by atoms with Gasteiger partial charge < -0.3 is 4.52 Å². The molecular formula is C17H11ClFN3O3. The summed E-state index contributed by atoms with van der Waals surface area (Å²) >= 11 is 6.17. The molecule has 126 valence electrons. The number of benzene rings is 2. The largest absolute Gasteiger partial charge is 0.333 e. The Kier molecular flexibility index (Phi) is 4.58. The van der Waals surface area contributed by atoms with Crippen molar-refractivity contribution in [1.82, 2.24) is 10.1 Å². The minimum Gasteiger partial charge on any atom is -0.333 e. The Morgan fingerprint density at radius 3 is 2.68 bits per heavy atom. The van der Waals surface area contributed by atoms with E-state index in [2.05, 4.69) is 10.1 Å². The predicted molar refractivity (Wildman–Crippen MR) is 91.2 cm³/mol. The molecule has 0 unspecified atom stereocenters. The molecule has 1 heterocycles. The first-order valence-corrected chi connectivity index (χ1v) is 7.54. The highest BCUT2D eigenvalue weighted by molar-refractivity contribution is 6.50. The van der Waals surface area contributed by atoms with Gasteiger partial charge in [0.15, 0.2) is 0 Å². The van der Waals surface area contributed by atoms with E-state index in [0.717, 1.165) is 0 Å². The van der Waals surface area contributed by atoms with Gasteiger partial charge in [0.25, 0.3) is 11.6 Å². The van der Waals surface area contributed by atoms with Crippen LogP contribution in [-0.2, 0) is 0 Å². The fourth-order valence-electron chi connectivity index (χ4n) is 2.16. The number of nitro groups is 1. The number of hydrogen-bond acceptors (Lipinski definition) is 5. The van der Waals surface area contributed by atoms with Gasteiger partial charge in [-0.2, -0.15) is 4.98 Å². The van der Waals surface area contributed by atoms with E-state index in [1.165, 1.54) is 36.4 Å². The van der Waals surface area contributed by atoms with E-state index in [-0.39, 0.29) is 28.3 Å². The summed E-state index contributed by atoms with van der Waals surface area (Å²) in [4.78, 5) is 14.7. The summed E-state index contributed by atoms with van der Waals surface area (Å²) in [5, 5.41) is 14.9. The summed E-state index contributed by atoms with van der Waals surface area (Å²) in [6, 6.07) is 10.3. The Bertz CT molecular complexity index is 968. The summed E-state index contributed by atoms with van der Waals surface area (Å²) in [5.74, 6) is -0.0491. The standard InChI is InChI=1S/C17H11ClFN3O3/c1-10-2-3-11(9-15(10)22(23)24)8-14(18)17-20-16(21-25-17)12-4-6-13(19)7-5-12/h2-9H,1H3/b14-8-. The minimum atomic E-state index is -0.458. The third kappa shape index (κ3) is 3.72. The molecule has 6 nitrogen and oxygen atoms in total. The number of nitrogens with zero attached hydrogens (tertiary/aromatic N) is 3. The lowest BCUT2D eigenvalue weighted by Gasteiger charge is -1.99. The van der Waals surface area contributed by atoms with Gasteiger partial charge in [0.1, 0.15) is 10.8 Å². The summed E-state index contributed by atoms with van der Waals surface area (Å²) in [6.07, 6.45) is 1.50. The quantitative estimate of drug-likeness (QED) is 0.492. The third-order valence-corrected chi connectivity index (χ3v) is 3.73. The maximum atomic E-state index is 13.0. The second-order valence-electron chi connectivity index (χ2n) is 5.23. The van der Waals surface area contributed by atoms with Gasteiger partial charge in [-0.3, -0.25) is 10.1 Å². The molecule has 0 aliphatic heterocycles. The van der Waals surface area contributed by atoms with Crippen LogP contribution >= 0.6 is 11.6 Å². The van der Waals surface area contributed by atoms with Crippen molar-refractivity contribution < 1.29 is 13.8 Å². The van der Waals surface area contributed by atoms with Gasteiger partial charge in [0, 0.05) is 17.2 Å². The second kappa shape index (κ2) is 6.82. The highest BCUT2D eigenvalue weighted by Gasteiger charge is 2.14. The smallest absolute Gasteiger partial charge is 0.272 e. The highest BCUT2D eigenvalue weighted by Crippen LogP contribution is 2.26. The van der Waals surface area contributed by atoms with Gasteiger partial charge in [-0.1, -0.05) is 28.9 Å². The Morgan fingerprint density at radius 1 is 1.28 bits per heavy atom. The molecule has 0 aliphatic carbocycles. The van der Waals surface area contributed by atoms with Crippen molar-refractivity contribution in [2.75, 3.05) is 0 Å². The molecule has 0 atom stereocenters. The van der Waals surface area contributed by atoms with Crippen LogP contribution in [0.3, 0.4) is 0 Å². The van der Waals surface area contributed by atoms with Gasteiger partial charge in [-0.15, -0.1) is 0 Å². The average Bonchev–Trinajstić information content (AvgIpc) is 3.07. The first-order chi connectivity index (χ1) is 11.9. The van der Waals surface area contributed by atoms with Crippen LogP contribution in [0.15, 0.2) is 47.0 Å². The Labute approximate surface area is 146 Å². The zero-order valence-electron chi connectivity index (χ0n) is 12.9. The molecule has 0 saturated carbocycles. The molecule has 2 aromatic carbocycles. The zero-order valence-corrected chi connectivity index (χ0v) is 13.7. The lowest BCUT2D eigenvalue weighted by molar-refractivity contribution is -0.385. The van der Waals surface area contributed by atoms with Crippen LogP contribution in [0, 0.1) is 22.9 Å². The fraction of sp³-hybridized carbons (Fsp3) is 0.0588. The number of nitro benzene ring substituents is 1. The topological polar surface area (TPSA) is 82.1 Å². The van der Waals surface area contributed by atoms with Gasteiger partial charge in [-0.25, -0.2) is 4.39 Å². The van der Waals surface area contributed by atoms with E-state index in [1.807, 2.05) is 0 Å². The Morgan fingerprint density at radius 2 is 2.00 bits per heavy atom. The van der Waals surface area contributed by atoms with Crippen LogP contribution in [-0.4, -0.2) is 15.1 Å². The molecule has 3 rings (SSSR count). The molecule has 0 bridgehead atoms. The molecule has 25 heavy (non-hydrogen) atoms. The third-order valence-electron chi connectivity index (χ3n) is 3.46. The molecule has 0 spiro atoms. The normalized spacial score (nSPS) is 11.6. The monoisotopic (exact) mass is 359 g/mol. The fourth-order valence-corrected chi connectivity index (χ4v) is 2.36. The van der Waals surface area contributed by atoms with Gasteiger partial charge in [-0.05, 0) is 42.8 Å². The van der Waals surface area contributed by atoms with Crippen LogP contribution in [0.5, 0.6) is 0 Å². The maximum Gasteiger partial charge on any atom is 0.272 e. The molecule has 0 radical (unpaired) electrons. The van der Waals surface area contributed by atoms with Crippen LogP contribution in [0.2, 0.25) is 0 Å². The summed E-state index contributed by atoms with van der Waals surface area (Å²) < 4.78 is 18.0. The average molecular weight is 360 g/mol. The molecular weight excluding hydrogens is 349 g/mol. The minimum absolute atomic E-state index is 0.00394. The van der Waals surface area contributed by atoms with Crippen molar-refractivity contribution >= 4 is 28.4 Å². The summed E-state index contributed by atoms with van der Waals surface area (Å²) in [5.41, 5.74) is 1.65. The van der Waals surface area contributed by atoms with Crippen molar-refractivity contribution in [2.24, 2.45) is 0 Å². The second-order valence-corrected chi connectivity index (χ2v) is 5.63. The lowest BCUT2D eigenvalue weighted by Crippen LogP contribution is -1.92. The molecule has 0 amide bonds. The van der Waals surface area contributed by atoms with E-state index >= 15 is 0 Å². The van der Waals surface area contributed by atoms with E-state index in [0.29, 0.717) is 16.7 Å². The first-order valence-electron chi connectivity index (χ1n) is 7.16. The zero-order chi connectivity index (χ0) is 18.0. The van der Waals surface area contributed by atoms with Gasteiger partial charge in [0.05, 0.1) is 4.92 Å². The molecule has 8 heteroatoms. The molecule has 0 saturated heterocycles. The van der Waals surface area contributed by atoms with Crippen molar-refractivity contribution in [3.05, 3.63) is 75.4 Å². The Hall–Kier alpha value is -3.06. The van der Waals surface area contributed by atoms with Crippen LogP contribution in [0.1, 0.15) is 17.0 Å². The lowest BCUT2D eigenvalue weighted by atomic mass is 10.1. The van der Waals surface area contributed by atoms with Crippen LogP contribution in [0.25, 0.3) is 22.5 Å². The number of aryl methyl sites for hydroxylation is 1. The molecule has 0 N–H and O–H groups in total. The van der Waals surface area contributed by atoms with Crippen molar-refractivity contribution in [3.8, 4) is 11.4 Å². The molecule has 1 aromatic heterocycles. The molecule has 0 aliphatic rings. The van der Waals surface area contributed by atoms with Crippen LogP contribution in [0.4, 0.5) is 10.1 Å². The van der Waals surface area contributed by atoms with E-state index in [9.17, 15) is 14.5 Å². The number of aromatic nitrogens is 2. The van der Waals surface area contributed by atoms with E-state index < -0.39 is 4.92 Å². The number of hydrogen-bond donors (Lipinski definition) is 0. The van der Waals surface area contributed by atoms with Gasteiger partial charge >= 0.3 is 0 Å². The first kappa shape index (κ1) is 16.8. The van der Waals surface area contributed by atoms with Gasteiger partial charge in [0.2, 0.25) is 5.82 Å². The maximum absolute atomic E-state index is 13.0. The predicted octanol–water partition coefficient (Wildman–Crippen LogP) is 4.83. The SMILES string of the molecule is Cc1ccc(/C=C(\Cl)c2nc(-c3ccc(F)cc3)no2)cc1[N+](=O)[O-]. The van der Waals surface area contributed by atoms with E-state index in [1.54, 1.807) is 19.1 Å². The van der Waals surface area contributed by atoms with E-state index in [4.69, 9.17) is 16.1 Å². The number of rotatable bonds is 4. The highest BCUT2D eigenvalue weighted by atomic mass is 35.5. The number of halogens is 2. The summed E-state index contributed by atoms with van der Waals surface area (Å²) in [7, 11) is 0. The van der Waals surface area contributed by atoms with Crippen LogP contribution < -0.4 is 0 Å². The summed E-state index contributed by atoms with van der Waals surface area (Å²) in [6.45, 7) is 1.65. The van der Waals surface area contributed by atoms with Crippen molar-refractivity contribution in [3.63, 3.8) is 0 Å². The Balaban J connectivity index is 1.90. The molecule has 0 fully saturated rings. The van der Waals surface area contributed by atoms with Crippen molar-refractivity contribution in [2.45, 2.75) is 6.92 Å². The molecule has 3 aromatic rings.